The Bertz CT molecular complexity index is 1350. The molecule has 0 unspecified atom stereocenters. The maximum absolute atomic E-state index is 14.0. The Kier molecular flexibility index (Phi) is 4.14. The van der Waals surface area contributed by atoms with E-state index in [2.05, 4.69) is 10.1 Å². The number of amides is 1. The number of hydrogen-bond acceptors (Lipinski definition) is 4. The van der Waals surface area contributed by atoms with Gasteiger partial charge in [0.05, 0.1) is 35.7 Å². The molecule has 1 aliphatic rings. The van der Waals surface area contributed by atoms with Crippen LogP contribution in [0.2, 0.25) is 0 Å². The van der Waals surface area contributed by atoms with Gasteiger partial charge in [0.15, 0.2) is 11.6 Å². The smallest absolute Gasteiger partial charge is 0.256 e. The van der Waals surface area contributed by atoms with E-state index in [9.17, 15) is 18.4 Å². The number of ether oxygens (including phenoxy) is 1. The lowest BCUT2D eigenvalue weighted by Gasteiger charge is -2.33. The average molecular weight is 410 g/mol. The molecular formula is C21H16F2N4O3. The van der Waals surface area contributed by atoms with Crippen LogP contribution in [0.5, 0.6) is 0 Å². The number of pyridine rings is 1. The maximum Gasteiger partial charge on any atom is 0.256 e. The summed E-state index contributed by atoms with van der Waals surface area (Å²) in [6.45, 7) is 0.263. The molecule has 1 N–H and O–H groups in total. The van der Waals surface area contributed by atoms with Gasteiger partial charge in [-0.05, 0) is 35.7 Å². The van der Waals surface area contributed by atoms with E-state index >= 15 is 0 Å². The summed E-state index contributed by atoms with van der Waals surface area (Å²) in [5.41, 5.74) is 1.65. The first-order valence-electron chi connectivity index (χ1n) is 9.26. The molecule has 4 heterocycles. The van der Waals surface area contributed by atoms with Gasteiger partial charge >= 0.3 is 0 Å². The van der Waals surface area contributed by atoms with Crippen LogP contribution in [0.1, 0.15) is 27.7 Å². The van der Waals surface area contributed by atoms with Crippen LogP contribution in [0.25, 0.3) is 16.3 Å². The molecule has 1 aromatic carbocycles. The molecule has 3 aromatic heterocycles. The molecule has 1 aliphatic heterocycles. The molecular weight excluding hydrogens is 394 g/mol. The Morgan fingerprint density at radius 1 is 1.27 bits per heavy atom. The van der Waals surface area contributed by atoms with Crippen molar-refractivity contribution in [2.45, 2.75) is 12.6 Å². The summed E-state index contributed by atoms with van der Waals surface area (Å²) in [5, 5.41) is 4.46. The van der Waals surface area contributed by atoms with Crippen molar-refractivity contribution in [3.05, 3.63) is 81.5 Å². The van der Waals surface area contributed by atoms with Crippen molar-refractivity contribution in [3.63, 3.8) is 0 Å². The van der Waals surface area contributed by atoms with E-state index < -0.39 is 23.2 Å². The van der Waals surface area contributed by atoms with E-state index in [-0.39, 0.29) is 29.9 Å². The van der Waals surface area contributed by atoms with Gasteiger partial charge in [-0.2, -0.15) is 5.10 Å². The van der Waals surface area contributed by atoms with Gasteiger partial charge in [-0.1, -0.05) is 0 Å². The first kappa shape index (κ1) is 18.4. The summed E-state index contributed by atoms with van der Waals surface area (Å²) in [5.74, 6) is -2.45. The monoisotopic (exact) mass is 410 g/mol. The third-order valence-electron chi connectivity index (χ3n) is 5.45. The van der Waals surface area contributed by atoms with Gasteiger partial charge in [-0.25, -0.2) is 13.3 Å². The summed E-state index contributed by atoms with van der Waals surface area (Å²) >= 11 is 0. The van der Waals surface area contributed by atoms with E-state index in [1.807, 2.05) is 6.07 Å². The lowest BCUT2D eigenvalue weighted by Crippen LogP contribution is -2.37. The van der Waals surface area contributed by atoms with Crippen LogP contribution in [0.15, 0.2) is 47.5 Å². The highest BCUT2D eigenvalue weighted by atomic mass is 19.2. The minimum atomic E-state index is -1.10. The number of aromatic nitrogens is 3. The lowest BCUT2D eigenvalue weighted by atomic mass is 9.95. The standard InChI is InChI=1S/C21H16F2N4O3/c1-26(21(29)11-5-12-3-2-4-24-27(12)8-11)18-10-30-9-17-19(18)13-6-15(22)16(23)7-14(13)20(28)25-17/h2-8,18H,9-10H2,1H3,(H,25,28)/t18-/m1/s1. The maximum atomic E-state index is 14.0. The summed E-state index contributed by atoms with van der Waals surface area (Å²) < 4.78 is 34.9. The molecule has 0 radical (unpaired) electrons. The number of benzene rings is 1. The topological polar surface area (TPSA) is 79.7 Å². The Balaban J connectivity index is 1.63. The fraction of sp³-hybridized carbons (Fsp3) is 0.190. The summed E-state index contributed by atoms with van der Waals surface area (Å²) in [4.78, 5) is 29.7. The molecule has 0 aliphatic carbocycles. The fourth-order valence-electron chi connectivity index (χ4n) is 3.96. The largest absolute Gasteiger partial charge is 0.373 e. The number of halogens is 2. The number of nitrogens with one attached hydrogen (secondary N) is 1. The quantitative estimate of drug-likeness (QED) is 0.551. The van der Waals surface area contributed by atoms with Gasteiger partial charge in [-0.15, -0.1) is 0 Å². The van der Waals surface area contributed by atoms with E-state index in [4.69, 9.17) is 4.74 Å². The number of carbonyl (C=O) groups excluding carboxylic acids is 1. The molecule has 1 amide bonds. The van der Waals surface area contributed by atoms with Gasteiger partial charge in [0.25, 0.3) is 11.5 Å². The van der Waals surface area contributed by atoms with Crippen LogP contribution in [-0.2, 0) is 11.3 Å². The van der Waals surface area contributed by atoms with Crippen LogP contribution in [0.4, 0.5) is 8.78 Å². The van der Waals surface area contributed by atoms with E-state index in [0.717, 1.165) is 17.6 Å². The third kappa shape index (κ3) is 2.78. The summed E-state index contributed by atoms with van der Waals surface area (Å²) in [6.07, 6.45) is 3.24. The molecule has 0 fully saturated rings. The first-order chi connectivity index (χ1) is 14.4. The highest BCUT2D eigenvalue weighted by Gasteiger charge is 2.31. The first-order valence-corrected chi connectivity index (χ1v) is 9.26. The van der Waals surface area contributed by atoms with Gasteiger partial charge in [0, 0.05) is 30.7 Å². The Morgan fingerprint density at radius 2 is 2.03 bits per heavy atom. The van der Waals surface area contributed by atoms with Crippen molar-refractivity contribution in [2.75, 3.05) is 13.7 Å². The SMILES string of the molecule is CN(C(=O)c1cc2cccnn2c1)[C@@H]1COCc2[nH]c(=O)c3cc(F)c(F)cc3c21. The second-order valence-electron chi connectivity index (χ2n) is 7.23. The molecule has 0 bridgehead atoms. The predicted octanol–water partition coefficient (Wildman–Crippen LogP) is 2.80. The molecule has 7 nitrogen and oxygen atoms in total. The molecule has 30 heavy (non-hydrogen) atoms. The number of fused-ring (bicyclic) bond motifs is 4. The van der Waals surface area contributed by atoms with Crippen LogP contribution in [-0.4, -0.2) is 39.1 Å². The third-order valence-corrected chi connectivity index (χ3v) is 5.45. The number of likely N-dealkylation sites (N-methyl/N-ethyl adjacent to an activating group) is 1. The number of hydrogen-bond donors (Lipinski definition) is 1. The van der Waals surface area contributed by atoms with Crippen LogP contribution in [0, 0.1) is 11.6 Å². The summed E-state index contributed by atoms with van der Waals surface area (Å²) in [6, 6.07) is 6.61. The minimum Gasteiger partial charge on any atom is -0.373 e. The highest BCUT2D eigenvalue weighted by Crippen LogP contribution is 2.34. The van der Waals surface area contributed by atoms with E-state index in [1.165, 1.54) is 4.90 Å². The molecule has 1 atom stereocenters. The number of rotatable bonds is 2. The van der Waals surface area contributed by atoms with Gasteiger partial charge in [-0.3, -0.25) is 9.59 Å². The Hall–Kier alpha value is -3.59. The fourth-order valence-corrected chi connectivity index (χ4v) is 3.96. The van der Waals surface area contributed by atoms with Crippen molar-refractivity contribution in [3.8, 4) is 0 Å². The number of nitrogens with zero attached hydrogens (tertiary/aromatic N) is 3. The molecule has 4 aromatic rings. The molecule has 152 valence electrons. The molecule has 5 rings (SSSR count). The van der Waals surface area contributed by atoms with E-state index in [0.29, 0.717) is 16.8 Å². The van der Waals surface area contributed by atoms with Crippen molar-refractivity contribution in [1.29, 1.82) is 0 Å². The van der Waals surface area contributed by atoms with Crippen molar-refractivity contribution in [2.24, 2.45) is 0 Å². The van der Waals surface area contributed by atoms with Crippen LogP contribution >= 0.6 is 0 Å². The molecule has 0 spiro atoms. The van der Waals surface area contributed by atoms with Gasteiger partial charge in [0.1, 0.15) is 0 Å². The van der Waals surface area contributed by atoms with Crippen molar-refractivity contribution >= 4 is 22.2 Å². The zero-order valence-corrected chi connectivity index (χ0v) is 15.9. The number of aromatic amines is 1. The predicted molar refractivity (Wildman–Crippen MR) is 104 cm³/mol. The van der Waals surface area contributed by atoms with E-state index in [1.54, 1.807) is 36.1 Å². The van der Waals surface area contributed by atoms with Crippen molar-refractivity contribution in [1.82, 2.24) is 19.5 Å². The van der Waals surface area contributed by atoms with Gasteiger partial charge < -0.3 is 14.6 Å². The Labute approximate surface area is 168 Å². The number of H-pyrrole nitrogens is 1. The van der Waals surface area contributed by atoms with Crippen molar-refractivity contribution < 1.29 is 18.3 Å². The lowest BCUT2D eigenvalue weighted by molar-refractivity contribution is 0.0335. The molecule has 9 heteroatoms. The van der Waals surface area contributed by atoms with Gasteiger partial charge in [0.2, 0.25) is 0 Å². The average Bonchev–Trinajstić information content (AvgIpc) is 3.18. The highest BCUT2D eigenvalue weighted by molar-refractivity contribution is 5.96. The molecule has 0 saturated carbocycles. The second-order valence-corrected chi connectivity index (χ2v) is 7.23. The zero-order valence-electron chi connectivity index (χ0n) is 15.9. The summed E-state index contributed by atoms with van der Waals surface area (Å²) in [7, 11) is 1.61. The molecule has 0 saturated heterocycles. The second kappa shape index (κ2) is 6.74. The van der Waals surface area contributed by atoms with Crippen LogP contribution in [0.3, 0.4) is 0 Å². The normalized spacial score (nSPS) is 16.0. The minimum absolute atomic E-state index is 0.0270. The zero-order chi connectivity index (χ0) is 21.0. The number of carbonyl (C=O) groups is 1. The Morgan fingerprint density at radius 3 is 2.80 bits per heavy atom. The van der Waals surface area contributed by atoms with Crippen LogP contribution < -0.4 is 5.56 Å².